The Morgan fingerprint density at radius 2 is 2.00 bits per heavy atom. The highest BCUT2D eigenvalue weighted by atomic mass is 35.5. The highest BCUT2D eigenvalue weighted by Crippen LogP contribution is 2.24. The van der Waals surface area contributed by atoms with Crippen LogP contribution in [0.5, 0.6) is 0 Å². The number of nitrogens with zero attached hydrogens (tertiary/aromatic N) is 2. The zero-order valence-corrected chi connectivity index (χ0v) is 16.3. The second-order valence-corrected chi connectivity index (χ2v) is 7.14. The molecule has 0 fully saturated rings. The van der Waals surface area contributed by atoms with Gasteiger partial charge in [-0.2, -0.15) is 0 Å². The maximum Gasteiger partial charge on any atom is 0.287 e. The van der Waals surface area contributed by atoms with Gasteiger partial charge in [0, 0.05) is 13.1 Å². The van der Waals surface area contributed by atoms with Crippen LogP contribution in [0.3, 0.4) is 0 Å². The second-order valence-electron chi connectivity index (χ2n) is 6.74. The van der Waals surface area contributed by atoms with E-state index < -0.39 is 0 Å². The first kappa shape index (κ1) is 19.4. The molecule has 1 aliphatic rings. The zero-order chi connectivity index (χ0) is 19.2. The molecule has 0 saturated carbocycles. The number of rotatable bonds is 7. The average Bonchev–Trinajstić information content (AvgIpc) is 3.07. The fraction of sp³-hybridized carbons (Fsp3) is 0.450. The predicted octanol–water partition coefficient (Wildman–Crippen LogP) is 4.05. The first-order valence-electron chi connectivity index (χ1n) is 9.55. The maximum absolute atomic E-state index is 12.8. The third-order valence-electron chi connectivity index (χ3n) is 4.72. The van der Waals surface area contributed by atoms with E-state index in [-0.39, 0.29) is 11.8 Å². The van der Waals surface area contributed by atoms with E-state index in [1.54, 1.807) is 24.3 Å². The minimum Gasteiger partial charge on any atom is -0.349 e. The molecule has 1 aromatic heterocycles. The van der Waals surface area contributed by atoms with Gasteiger partial charge in [0.1, 0.15) is 0 Å². The number of nitrogens with one attached hydrogen (secondary N) is 2. The Morgan fingerprint density at radius 3 is 2.78 bits per heavy atom. The molecule has 2 aromatic rings. The lowest BCUT2D eigenvalue weighted by Gasteiger charge is -2.17. The predicted molar refractivity (Wildman–Crippen MR) is 106 cm³/mol. The van der Waals surface area contributed by atoms with Crippen molar-refractivity contribution in [3.8, 4) is 0 Å². The van der Waals surface area contributed by atoms with E-state index in [1.807, 2.05) is 4.57 Å². The molecule has 144 valence electrons. The smallest absolute Gasteiger partial charge is 0.287 e. The first-order valence-corrected chi connectivity index (χ1v) is 9.93. The molecular formula is C20H25ClN4O2. The minimum absolute atomic E-state index is 0.217. The van der Waals surface area contributed by atoms with Gasteiger partial charge in [0.2, 0.25) is 0 Å². The van der Waals surface area contributed by atoms with Crippen molar-refractivity contribution in [1.29, 1.82) is 0 Å². The summed E-state index contributed by atoms with van der Waals surface area (Å²) >= 11 is 6.13. The van der Waals surface area contributed by atoms with Gasteiger partial charge in [-0.3, -0.25) is 9.59 Å². The summed E-state index contributed by atoms with van der Waals surface area (Å²) in [5.41, 5.74) is 1.67. The monoisotopic (exact) mass is 388 g/mol. The molecule has 1 aromatic carbocycles. The van der Waals surface area contributed by atoms with Crippen molar-refractivity contribution in [1.82, 2.24) is 14.9 Å². The van der Waals surface area contributed by atoms with Gasteiger partial charge < -0.3 is 15.2 Å². The van der Waals surface area contributed by atoms with Gasteiger partial charge in [-0.1, -0.05) is 43.5 Å². The van der Waals surface area contributed by atoms with Crippen LogP contribution in [0, 0.1) is 0 Å². The molecule has 2 heterocycles. The Balaban J connectivity index is 1.81. The Kier molecular flexibility index (Phi) is 6.50. The molecule has 0 bridgehead atoms. The van der Waals surface area contributed by atoms with Crippen LogP contribution in [-0.2, 0) is 13.0 Å². The number of imidazole rings is 1. The topological polar surface area (TPSA) is 76.0 Å². The van der Waals surface area contributed by atoms with Crippen LogP contribution in [0.2, 0.25) is 5.02 Å². The van der Waals surface area contributed by atoms with E-state index in [4.69, 9.17) is 11.6 Å². The standard InChI is InChI=1S/C20H25ClN4O2/c1-2-3-7-12-22-20(27)18-24-17(16-11-6-8-13-25(16)18)19(26)23-15-10-5-4-9-14(15)21/h4-5,9-10H,2-3,6-8,11-13H2,1H3,(H,22,27)(H,23,26). The minimum atomic E-state index is -0.334. The van der Waals surface area contributed by atoms with E-state index >= 15 is 0 Å². The number of unbranched alkanes of at least 4 members (excludes halogenated alkanes) is 2. The summed E-state index contributed by atoms with van der Waals surface area (Å²) in [6, 6.07) is 7.07. The molecule has 0 saturated heterocycles. The zero-order valence-electron chi connectivity index (χ0n) is 15.6. The molecule has 7 heteroatoms. The van der Waals surface area contributed by atoms with Crippen LogP contribution < -0.4 is 10.6 Å². The van der Waals surface area contributed by atoms with Crippen LogP contribution in [0.4, 0.5) is 5.69 Å². The van der Waals surface area contributed by atoms with Crippen molar-refractivity contribution in [2.75, 3.05) is 11.9 Å². The van der Waals surface area contributed by atoms with Crippen molar-refractivity contribution in [2.45, 2.75) is 52.0 Å². The Bertz CT molecular complexity index is 831. The van der Waals surface area contributed by atoms with E-state index in [2.05, 4.69) is 22.5 Å². The Labute approximate surface area is 164 Å². The summed E-state index contributed by atoms with van der Waals surface area (Å²) in [6.07, 6.45) is 5.81. The molecule has 2 N–H and O–H groups in total. The van der Waals surface area contributed by atoms with Crippen molar-refractivity contribution in [3.05, 3.63) is 46.5 Å². The molecule has 6 nitrogen and oxygen atoms in total. The summed E-state index contributed by atoms with van der Waals surface area (Å²) in [5, 5.41) is 6.20. The number of benzene rings is 1. The quantitative estimate of drug-likeness (QED) is 0.702. The number of para-hydroxylation sites is 1. The number of amides is 2. The highest BCUT2D eigenvalue weighted by molar-refractivity contribution is 6.33. The first-order chi connectivity index (χ1) is 13.1. The number of halogens is 1. The maximum atomic E-state index is 12.8. The van der Waals surface area contributed by atoms with Crippen LogP contribution >= 0.6 is 11.6 Å². The van der Waals surface area contributed by atoms with Crippen molar-refractivity contribution >= 4 is 29.1 Å². The van der Waals surface area contributed by atoms with E-state index in [0.29, 0.717) is 35.3 Å². The van der Waals surface area contributed by atoms with E-state index in [1.165, 1.54) is 0 Å². The van der Waals surface area contributed by atoms with Crippen LogP contribution in [0.1, 0.15) is 65.8 Å². The summed E-state index contributed by atoms with van der Waals surface area (Å²) in [7, 11) is 0. The summed E-state index contributed by atoms with van der Waals surface area (Å²) in [6.45, 7) is 3.45. The molecule has 0 spiro atoms. The number of hydrogen-bond donors (Lipinski definition) is 2. The van der Waals surface area contributed by atoms with Gasteiger partial charge in [-0.25, -0.2) is 4.98 Å². The fourth-order valence-electron chi connectivity index (χ4n) is 3.30. The average molecular weight is 389 g/mol. The second kappa shape index (κ2) is 9.04. The van der Waals surface area contributed by atoms with Gasteiger partial charge in [0.05, 0.1) is 16.4 Å². The molecule has 0 unspecified atom stereocenters. The normalized spacial score (nSPS) is 13.1. The van der Waals surface area contributed by atoms with Crippen molar-refractivity contribution in [2.24, 2.45) is 0 Å². The summed E-state index contributed by atoms with van der Waals surface area (Å²) in [4.78, 5) is 29.8. The van der Waals surface area contributed by atoms with Gasteiger partial charge in [-0.05, 0) is 37.8 Å². The molecule has 3 rings (SSSR count). The number of aromatic nitrogens is 2. The van der Waals surface area contributed by atoms with Crippen LogP contribution in [-0.4, -0.2) is 27.9 Å². The third kappa shape index (κ3) is 4.50. The molecule has 0 atom stereocenters. The largest absolute Gasteiger partial charge is 0.349 e. The SMILES string of the molecule is CCCCCNC(=O)c1nc(C(=O)Nc2ccccc2Cl)c2n1CCCC2. The van der Waals surface area contributed by atoms with Gasteiger partial charge in [0.15, 0.2) is 11.5 Å². The Hall–Kier alpha value is -2.34. The summed E-state index contributed by atoms with van der Waals surface area (Å²) in [5.74, 6) is -0.227. The van der Waals surface area contributed by atoms with Gasteiger partial charge >= 0.3 is 0 Å². The molecule has 27 heavy (non-hydrogen) atoms. The number of hydrogen-bond acceptors (Lipinski definition) is 3. The van der Waals surface area contributed by atoms with E-state index in [0.717, 1.165) is 44.2 Å². The Morgan fingerprint density at radius 1 is 1.19 bits per heavy atom. The molecular weight excluding hydrogens is 364 g/mol. The number of carbonyl (C=O) groups is 2. The molecule has 0 aliphatic carbocycles. The lowest BCUT2D eigenvalue weighted by atomic mass is 10.1. The van der Waals surface area contributed by atoms with E-state index in [9.17, 15) is 9.59 Å². The van der Waals surface area contributed by atoms with Crippen LogP contribution in [0.25, 0.3) is 0 Å². The number of fused-ring (bicyclic) bond motifs is 1. The van der Waals surface area contributed by atoms with Crippen molar-refractivity contribution < 1.29 is 9.59 Å². The van der Waals surface area contributed by atoms with Crippen molar-refractivity contribution in [3.63, 3.8) is 0 Å². The van der Waals surface area contributed by atoms with Crippen LogP contribution in [0.15, 0.2) is 24.3 Å². The third-order valence-corrected chi connectivity index (χ3v) is 5.05. The highest BCUT2D eigenvalue weighted by Gasteiger charge is 2.27. The number of anilines is 1. The number of carbonyl (C=O) groups excluding carboxylic acids is 2. The molecule has 2 amide bonds. The van der Waals surface area contributed by atoms with Gasteiger partial charge in [0.25, 0.3) is 11.8 Å². The fourth-order valence-corrected chi connectivity index (χ4v) is 3.48. The lowest BCUT2D eigenvalue weighted by Crippen LogP contribution is -2.28. The summed E-state index contributed by atoms with van der Waals surface area (Å²) < 4.78 is 1.89. The lowest BCUT2D eigenvalue weighted by molar-refractivity contribution is 0.0937. The molecule has 0 radical (unpaired) electrons. The molecule has 1 aliphatic heterocycles. The van der Waals surface area contributed by atoms with Gasteiger partial charge in [-0.15, -0.1) is 0 Å².